The fourth-order valence-corrected chi connectivity index (χ4v) is 5.87. The van der Waals surface area contributed by atoms with E-state index in [2.05, 4.69) is 57.9 Å². The van der Waals surface area contributed by atoms with Crippen LogP contribution in [0.4, 0.5) is 0 Å². The molecule has 0 aromatic carbocycles. The molecule has 1 aliphatic carbocycles. The lowest BCUT2D eigenvalue weighted by Crippen LogP contribution is -2.46. The maximum atomic E-state index is 12.5. The number of halogens is 2. The first-order chi connectivity index (χ1) is 9.29. The topological polar surface area (TPSA) is 29.1 Å². The second-order valence-corrected chi connectivity index (χ2v) is 10.3. The molecule has 0 saturated heterocycles. The van der Waals surface area contributed by atoms with E-state index in [4.69, 9.17) is 0 Å². The Hall–Kier alpha value is 0.130. The van der Waals surface area contributed by atoms with Gasteiger partial charge in [-0.25, -0.2) is 0 Å². The summed E-state index contributed by atoms with van der Waals surface area (Å²) in [4.78, 5) is 12.5. The Morgan fingerprint density at radius 2 is 1.95 bits per heavy atom. The lowest BCUT2D eigenvalue weighted by molar-refractivity contribution is 0.0830. The minimum absolute atomic E-state index is 0.0416. The Bertz CT molecular complexity index is 493. The highest BCUT2D eigenvalue weighted by Crippen LogP contribution is 2.38. The number of rotatable bonds is 2. The van der Waals surface area contributed by atoms with Gasteiger partial charge in [-0.05, 0) is 62.1 Å². The molecular formula is C15H21Br2NOS. The molecule has 1 aromatic heterocycles. The van der Waals surface area contributed by atoms with Gasteiger partial charge in [-0.2, -0.15) is 0 Å². The number of thiophene rings is 1. The zero-order chi connectivity index (χ0) is 14.9. The fraction of sp³-hybridized carbons (Fsp3) is 0.667. The van der Waals surface area contributed by atoms with Crippen molar-refractivity contribution in [2.75, 3.05) is 0 Å². The van der Waals surface area contributed by atoms with Crippen LogP contribution in [0.25, 0.3) is 0 Å². The third-order valence-electron chi connectivity index (χ3n) is 4.10. The summed E-state index contributed by atoms with van der Waals surface area (Å²) >= 11 is 8.43. The van der Waals surface area contributed by atoms with E-state index in [0.717, 1.165) is 19.6 Å². The van der Waals surface area contributed by atoms with Crippen molar-refractivity contribution in [1.82, 2.24) is 5.32 Å². The van der Waals surface area contributed by atoms with E-state index < -0.39 is 0 Å². The monoisotopic (exact) mass is 421 g/mol. The largest absolute Gasteiger partial charge is 0.349 e. The third-order valence-corrected chi connectivity index (χ3v) is 6.44. The van der Waals surface area contributed by atoms with E-state index >= 15 is 0 Å². The van der Waals surface area contributed by atoms with Crippen molar-refractivity contribution in [2.45, 2.75) is 52.5 Å². The molecule has 0 bridgehead atoms. The summed E-state index contributed by atoms with van der Waals surface area (Å²) in [6, 6.07) is 2.18. The van der Waals surface area contributed by atoms with Crippen LogP contribution in [0.1, 0.15) is 56.8 Å². The van der Waals surface area contributed by atoms with Crippen molar-refractivity contribution in [2.24, 2.45) is 11.3 Å². The van der Waals surface area contributed by atoms with E-state index in [0.29, 0.717) is 12.0 Å². The molecule has 1 N–H and O–H groups in total. The minimum atomic E-state index is 0.0416. The maximum absolute atomic E-state index is 12.5. The summed E-state index contributed by atoms with van der Waals surface area (Å²) in [5.74, 6) is 0.598. The molecule has 1 aromatic rings. The minimum Gasteiger partial charge on any atom is -0.349 e. The highest BCUT2D eigenvalue weighted by molar-refractivity contribution is 9.12. The molecule has 1 aliphatic rings. The Labute approximate surface area is 142 Å². The molecule has 5 heteroatoms. The van der Waals surface area contributed by atoms with E-state index in [-0.39, 0.29) is 11.3 Å². The van der Waals surface area contributed by atoms with Gasteiger partial charge in [0.25, 0.3) is 5.91 Å². The summed E-state index contributed by atoms with van der Waals surface area (Å²) in [6.45, 7) is 6.83. The van der Waals surface area contributed by atoms with Gasteiger partial charge in [0, 0.05) is 6.04 Å². The van der Waals surface area contributed by atoms with Gasteiger partial charge >= 0.3 is 0 Å². The summed E-state index contributed by atoms with van der Waals surface area (Å²) in [7, 11) is 0. The van der Waals surface area contributed by atoms with Gasteiger partial charge in [0.1, 0.15) is 0 Å². The standard InChI is InChI=1S/C15H21Br2NOS/c1-15(2,3)10-6-4-5-7-11(10)18-14(19)9-8-12(16)20-13(9)17/h8,10-11H,4-7H2,1-3H3,(H,18,19). The Balaban J connectivity index is 2.11. The fourth-order valence-electron chi connectivity index (χ4n) is 3.08. The smallest absolute Gasteiger partial charge is 0.253 e. The zero-order valence-electron chi connectivity index (χ0n) is 12.1. The third kappa shape index (κ3) is 3.86. The van der Waals surface area contributed by atoms with Crippen LogP contribution in [-0.2, 0) is 0 Å². The molecule has 2 nitrogen and oxygen atoms in total. The first-order valence-corrected chi connectivity index (χ1v) is 9.45. The zero-order valence-corrected chi connectivity index (χ0v) is 16.1. The normalized spacial score (nSPS) is 23.6. The number of carbonyl (C=O) groups is 1. The number of carbonyl (C=O) groups excluding carboxylic acids is 1. The lowest BCUT2D eigenvalue weighted by atomic mass is 9.69. The van der Waals surface area contributed by atoms with Crippen LogP contribution in [-0.4, -0.2) is 11.9 Å². The van der Waals surface area contributed by atoms with Crippen molar-refractivity contribution in [1.29, 1.82) is 0 Å². The molecule has 0 radical (unpaired) electrons. The van der Waals surface area contributed by atoms with Crippen LogP contribution >= 0.6 is 43.2 Å². The molecule has 0 aliphatic heterocycles. The Morgan fingerprint density at radius 1 is 1.30 bits per heavy atom. The van der Waals surface area contributed by atoms with Crippen molar-refractivity contribution in [3.63, 3.8) is 0 Å². The van der Waals surface area contributed by atoms with Crippen LogP contribution in [0.2, 0.25) is 0 Å². The highest BCUT2D eigenvalue weighted by atomic mass is 79.9. The number of hydrogen-bond donors (Lipinski definition) is 1. The molecule has 2 rings (SSSR count). The molecule has 20 heavy (non-hydrogen) atoms. The van der Waals surface area contributed by atoms with Crippen molar-refractivity contribution < 1.29 is 4.79 Å². The Kier molecular flexibility index (Phi) is 5.35. The summed E-state index contributed by atoms with van der Waals surface area (Å²) in [6.07, 6.45) is 4.80. The van der Waals surface area contributed by atoms with Gasteiger partial charge in [-0.15, -0.1) is 11.3 Å². The maximum Gasteiger partial charge on any atom is 0.253 e. The average Bonchev–Trinajstić information content (AvgIpc) is 2.68. The Morgan fingerprint density at radius 3 is 2.50 bits per heavy atom. The molecule has 112 valence electrons. The predicted octanol–water partition coefficient (Wildman–Crippen LogP) is 5.61. The molecular weight excluding hydrogens is 402 g/mol. The van der Waals surface area contributed by atoms with Crippen molar-refractivity contribution >= 4 is 49.1 Å². The molecule has 1 heterocycles. The van der Waals surface area contributed by atoms with Crippen molar-refractivity contribution in [3.8, 4) is 0 Å². The van der Waals surface area contributed by atoms with Gasteiger partial charge in [-0.1, -0.05) is 33.6 Å². The highest BCUT2D eigenvalue weighted by Gasteiger charge is 2.35. The van der Waals surface area contributed by atoms with E-state index in [9.17, 15) is 4.79 Å². The van der Waals surface area contributed by atoms with Gasteiger partial charge in [0.15, 0.2) is 0 Å². The molecule has 2 atom stereocenters. The summed E-state index contributed by atoms with van der Waals surface area (Å²) in [5, 5.41) is 3.26. The molecule has 1 amide bonds. The summed E-state index contributed by atoms with van der Waals surface area (Å²) in [5.41, 5.74) is 0.977. The number of hydrogen-bond acceptors (Lipinski definition) is 2. The predicted molar refractivity (Wildman–Crippen MR) is 92.4 cm³/mol. The van der Waals surface area contributed by atoms with Crippen molar-refractivity contribution in [3.05, 3.63) is 19.2 Å². The quantitative estimate of drug-likeness (QED) is 0.659. The average molecular weight is 423 g/mol. The van der Waals surface area contributed by atoms with E-state index in [1.807, 2.05) is 6.07 Å². The van der Waals surface area contributed by atoms with Crippen LogP contribution < -0.4 is 5.32 Å². The molecule has 2 unspecified atom stereocenters. The van der Waals surface area contributed by atoms with Crippen LogP contribution in [0.5, 0.6) is 0 Å². The van der Waals surface area contributed by atoms with Crippen LogP contribution in [0.3, 0.4) is 0 Å². The van der Waals surface area contributed by atoms with E-state index in [1.54, 1.807) is 0 Å². The van der Waals surface area contributed by atoms with Gasteiger partial charge in [0.2, 0.25) is 0 Å². The van der Waals surface area contributed by atoms with Gasteiger partial charge in [0.05, 0.1) is 13.1 Å². The first kappa shape index (κ1) is 16.5. The van der Waals surface area contributed by atoms with E-state index in [1.165, 1.54) is 30.6 Å². The second-order valence-electron chi connectivity index (χ2n) is 6.57. The number of nitrogens with one attached hydrogen (secondary N) is 1. The van der Waals surface area contributed by atoms with Gasteiger partial charge in [-0.3, -0.25) is 4.79 Å². The second kappa shape index (κ2) is 6.49. The molecule has 1 saturated carbocycles. The summed E-state index contributed by atoms with van der Waals surface area (Å²) < 4.78 is 1.87. The lowest BCUT2D eigenvalue weighted by Gasteiger charge is -2.40. The SMILES string of the molecule is CC(C)(C)C1CCCCC1NC(=O)c1cc(Br)sc1Br. The molecule has 0 spiro atoms. The molecule has 1 fully saturated rings. The first-order valence-electron chi connectivity index (χ1n) is 7.04. The van der Waals surface area contributed by atoms with Gasteiger partial charge < -0.3 is 5.32 Å². The number of amides is 1. The van der Waals surface area contributed by atoms with Crippen LogP contribution in [0.15, 0.2) is 13.6 Å². The van der Waals surface area contributed by atoms with Crippen LogP contribution in [0, 0.1) is 11.3 Å².